The third-order valence-electron chi connectivity index (χ3n) is 4.47. The molecule has 0 saturated carbocycles. The molecule has 2 amide bonds. The minimum absolute atomic E-state index is 0.0489. The number of thioether (sulfide) groups is 2. The van der Waals surface area contributed by atoms with Crippen LogP contribution in [0.1, 0.15) is 5.56 Å². The lowest BCUT2D eigenvalue weighted by molar-refractivity contribution is -0.140. The van der Waals surface area contributed by atoms with Crippen LogP contribution in [0.25, 0.3) is 0 Å². The number of hydrogen-bond donors (Lipinski definition) is 1. The van der Waals surface area contributed by atoms with Crippen molar-refractivity contribution >= 4 is 35.3 Å². The summed E-state index contributed by atoms with van der Waals surface area (Å²) < 4.78 is 0. The molecule has 1 unspecified atom stereocenters. The smallest absolute Gasteiger partial charge is 0.240 e. The molecule has 7 heteroatoms. The van der Waals surface area contributed by atoms with Crippen LogP contribution < -0.4 is 5.32 Å². The van der Waals surface area contributed by atoms with Crippen LogP contribution in [-0.2, 0) is 16.0 Å². The van der Waals surface area contributed by atoms with E-state index in [1.165, 1.54) is 4.90 Å². The molecule has 130 valence electrons. The summed E-state index contributed by atoms with van der Waals surface area (Å²) in [5.41, 5.74) is 1.04. The molecule has 1 aromatic carbocycles. The van der Waals surface area contributed by atoms with Crippen molar-refractivity contribution in [3.05, 3.63) is 29.8 Å². The zero-order chi connectivity index (χ0) is 16.9. The third-order valence-corrected chi connectivity index (χ3v) is 6.16. The molecule has 1 aromatic rings. The minimum Gasteiger partial charge on any atom is -0.339 e. The number of hydrogen-bond acceptors (Lipinski definition) is 5. The Morgan fingerprint density at radius 3 is 2.42 bits per heavy atom. The summed E-state index contributed by atoms with van der Waals surface area (Å²) in [6, 6.07) is 8.10. The zero-order valence-electron chi connectivity index (χ0n) is 13.9. The summed E-state index contributed by atoms with van der Waals surface area (Å²) in [5, 5.41) is 3.22. The van der Waals surface area contributed by atoms with Gasteiger partial charge in [-0.05, 0) is 24.0 Å². The second-order valence-electron chi connectivity index (χ2n) is 6.00. The lowest BCUT2D eigenvalue weighted by Crippen LogP contribution is -2.54. The average molecular weight is 366 g/mol. The number of piperazine rings is 1. The molecular weight excluding hydrogens is 342 g/mol. The van der Waals surface area contributed by atoms with Gasteiger partial charge in [-0.25, -0.2) is 0 Å². The molecule has 1 N–H and O–H groups in total. The highest BCUT2D eigenvalue weighted by atomic mass is 32.2. The Morgan fingerprint density at radius 2 is 1.83 bits per heavy atom. The normalized spacial score (nSPS) is 21.1. The fraction of sp³-hybridized carbons (Fsp3) is 0.529. The van der Waals surface area contributed by atoms with Crippen LogP contribution >= 0.6 is 23.5 Å². The number of nitrogens with zero attached hydrogens (tertiary/aromatic N) is 2. The molecule has 2 fully saturated rings. The van der Waals surface area contributed by atoms with E-state index in [9.17, 15) is 9.59 Å². The highest BCUT2D eigenvalue weighted by molar-refractivity contribution is 7.99. The van der Waals surface area contributed by atoms with E-state index < -0.39 is 0 Å². The van der Waals surface area contributed by atoms with Gasteiger partial charge in [0.2, 0.25) is 11.8 Å². The van der Waals surface area contributed by atoms with E-state index in [1.54, 1.807) is 23.5 Å². The van der Waals surface area contributed by atoms with Gasteiger partial charge in [-0.2, -0.15) is 0 Å². The van der Waals surface area contributed by atoms with E-state index >= 15 is 0 Å². The van der Waals surface area contributed by atoms with Crippen molar-refractivity contribution in [2.45, 2.75) is 17.4 Å². The van der Waals surface area contributed by atoms with Gasteiger partial charge in [0.1, 0.15) is 0 Å². The molecule has 0 aliphatic carbocycles. The van der Waals surface area contributed by atoms with E-state index in [1.807, 2.05) is 28.2 Å². The van der Waals surface area contributed by atoms with Crippen molar-refractivity contribution in [3.63, 3.8) is 0 Å². The quantitative estimate of drug-likeness (QED) is 0.815. The predicted molar refractivity (Wildman–Crippen MR) is 99.3 cm³/mol. The molecule has 0 aromatic heterocycles. The molecule has 24 heavy (non-hydrogen) atoms. The number of rotatable bonds is 4. The predicted octanol–water partition coefficient (Wildman–Crippen LogP) is 1.28. The van der Waals surface area contributed by atoms with Crippen molar-refractivity contribution < 1.29 is 9.59 Å². The molecule has 0 spiro atoms. The largest absolute Gasteiger partial charge is 0.339 e. The van der Waals surface area contributed by atoms with E-state index in [4.69, 9.17) is 0 Å². The highest BCUT2D eigenvalue weighted by Crippen LogP contribution is 2.16. The summed E-state index contributed by atoms with van der Waals surface area (Å²) in [7, 11) is 0. The second kappa shape index (κ2) is 8.27. The van der Waals surface area contributed by atoms with Gasteiger partial charge in [0.05, 0.1) is 12.5 Å². The molecule has 2 aliphatic heterocycles. The lowest BCUT2D eigenvalue weighted by atomic mass is 10.1. The monoisotopic (exact) mass is 365 g/mol. The molecule has 2 aliphatic rings. The van der Waals surface area contributed by atoms with Gasteiger partial charge < -0.3 is 9.80 Å². The standard InChI is InChI=1S/C17H23N3O2S2/c1-23-14-4-2-13(3-5-14)10-16(21)19-6-8-20(9-7-19)17(22)15-11-24-12-18-15/h2-5,15,18H,6-12H2,1H3. The molecule has 1 atom stereocenters. The summed E-state index contributed by atoms with van der Waals surface area (Å²) in [6.07, 6.45) is 2.48. The van der Waals surface area contributed by atoms with Gasteiger partial charge >= 0.3 is 0 Å². The molecule has 0 radical (unpaired) electrons. The van der Waals surface area contributed by atoms with Gasteiger partial charge in [-0.1, -0.05) is 12.1 Å². The third kappa shape index (κ3) is 4.26. The Hall–Kier alpha value is -1.18. The minimum atomic E-state index is -0.0489. The SMILES string of the molecule is CSc1ccc(CC(=O)N2CCN(C(=O)C3CSCN3)CC2)cc1. The van der Waals surface area contributed by atoms with Crippen molar-refractivity contribution in [2.75, 3.05) is 44.1 Å². The van der Waals surface area contributed by atoms with Crippen LogP contribution in [0.2, 0.25) is 0 Å². The number of carbonyl (C=O) groups is 2. The number of benzene rings is 1. The van der Waals surface area contributed by atoms with Gasteiger partial charge in [0.25, 0.3) is 0 Å². The Balaban J connectivity index is 1.48. The molecule has 2 saturated heterocycles. The molecule has 2 heterocycles. The van der Waals surface area contributed by atoms with Crippen LogP contribution in [0.3, 0.4) is 0 Å². The van der Waals surface area contributed by atoms with Crippen LogP contribution in [0.4, 0.5) is 0 Å². The van der Waals surface area contributed by atoms with Gasteiger partial charge in [0.15, 0.2) is 0 Å². The van der Waals surface area contributed by atoms with Crippen LogP contribution in [0, 0.1) is 0 Å². The van der Waals surface area contributed by atoms with Crippen LogP contribution in [0.5, 0.6) is 0 Å². The van der Waals surface area contributed by atoms with Gasteiger partial charge in [-0.3, -0.25) is 14.9 Å². The lowest BCUT2D eigenvalue weighted by Gasteiger charge is -2.36. The molecule has 5 nitrogen and oxygen atoms in total. The van der Waals surface area contributed by atoms with Gasteiger partial charge in [-0.15, -0.1) is 23.5 Å². The second-order valence-corrected chi connectivity index (χ2v) is 7.91. The maximum Gasteiger partial charge on any atom is 0.240 e. The first kappa shape index (κ1) is 17.6. The number of carbonyl (C=O) groups excluding carboxylic acids is 2. The van der Waals surface area contributed by atoms with Crippen LogP contribution in [0.15, 0.2) is 29.2 Å². The van der Waals surface area contributed by atoms with Crippen molar-refractivity contribution in [1.82, 2.24) is 15.1 Å². The van der Waals surface area contributed by atoms with E-state index in [0.717, 1.165) is 17.2 Å². The highest BCUT2D eigenvalue weighted by Gasteiger charge is 2.30. The molecule has 3 rings (SSSR count). The Morgan fingerprint density at radius 1 is 1.17 bits per heavy atom. The van der Waals surface area contributed by atoms with Gasteiger partial charge in [0, 0.05) is 42.7 Å². The van der Waals surface area contributed by atoms with Crippen molar-refractivity contribution in [1.29, 1.82) is 0 Å². The Bertz CT molecular complexity index is 580. The Kier molecular flexibility index (Phi) is 6.08. The summed E-state index contributed by atoms with van der Waals surface area (Å²) >= 11 is 3.46. The fourth-order valence-corrected chi connectivity index (χ4v) is 4.32. The topological polar surface area (TPSA) is 52.7 Å². The van der Waals surface area contributed by atoms with E-state index in [0.29, 0.717) is 32.6 Å². The first-order valence-electron chi connectivity index (χ1n) is 8.18. The average Bonchev–Trinajstić information content (AvgIpc) is 3.16. The van der Waals surface area contributed by atoms with E-state index in [2.05, 4.69) is 17.4 Å². The maximum atomic E-state index is 12.5. The number of amides is 2. The molecule has 0 bridgehead atoms. The van der Waals surface area contributed by atoms with E-state index in [-0.39, 0.29) is 17.9 Å². The summed E-state index contributed by atoms with van der Waals surface area (Å²) in [5.74, 6) is 2.03. The first-order chi connectivity index (χ1) is 11.7. The summed E-state index contributed by atoms with van der Waals surface area (Å²) in [4.78, 5) is 29.8. The molecular formula is C17H23N3O2S2. The first-order valence-corrected chi connectivity index (χ1v) is 10.6. The summed E-state index contributed by atoms with van der Waals surface area (Å²) in [6.45, 7) is 2.54. The number of nitrogens with one attached hydrogen (secondary N) is 1. The van der Waals surface area contributed by atoms with Crippen LogP contribution in [-0.4, -0.2) is 71.7 Å². The Labute approximate surface area is 151 Å². The van der Waals surface area contributed by atoms with Crippen molar-refractivity contribution in [3.8, 4) is 0 Å². The fourth-order valence-electron chi connectivity index (χ4n) is 2.98. The maximum absolute atomic E-state index is 12.5. The van der Waals surface area contributed by atoms with Crippen molar-refractivity contribution in [2.24, 2.45) is 0 Å². The zero-order valence-corrected chi connectivity index (χ0v) is 15.5.